The molecular formula is C22H22N2S. The first-order valence-electron chi connectivity index (χ1n) is 8.38. The molecule has 3 rings (SSSR count). The van der Waals surface area contributed by atoms with Crippen LogP contribution in [0.2, 0.25) is 0 Å². The summed E-state index contributed by atoms with van der Waals surface area (Å²) in [7, 11) is 0. The minimum absolute atomic E-state index is 0.00510. The maximum atomic E-state index is 5.56. The van der Waals surface area contributed by atoms with Crippen LogP contribution < -0.4 is 10.6 Å². The third-order valence-corrected chi connectivity index (χ3v) is 4.40. The van der Waals surface area contributed by atoms with Crippen LogP contribution in [0.3, 0.4) is 0 Å². The number of benzene rings is 3. The van der Waals surface area contributed by atoms with Crippen LogP contribution in [0.1, 0.15) is 28.3 Å². The van der Waals surface area contributed by atoms with Crippen LogP contribution >= 0.6 is 12.2 Å². The Kier molecular flexibility index (Phi) is 5.46. The van der Waals surface area contributed by atoms with E-state index in [-0.39, 0.29) is 6.04 Å². The van der Waals surface area contributed by atoms with Gasteiger partial charge in [0.15, 0.2) is 5.11 Å². The minimum Gasteiger partial charge on any atom is -0.352 e. The third-order valence-electron chi connectivity index (χ3n) is 4.18. The molecule has 0 aliphatic heterocycles. The molecule has 3 aromatic carbocycles. The molecule has 0 aliphatic rings. The van der Waals surface area contributed by atoms with Gasteiger partial charge in [-0.3, -0.25) is 0 Å². The number of nitrogens with one attached hydrogen (secondary N) is 2. The van der Waals surface area contributed by atoms with E-state index in [1.807, 2.05) is 36.4 Å². The predicted octanol–water partition coefficient (Wildman–Crippen LogP) is 5.38. The maximum Gasteiger partial charge on any atom is 0.171 e. The van der Waals surface area contributed by atoms with Gasteiger partial charge in [0.1, 0.15) is 0 Å². The summed E-state index contributed by atoms with van der Waals surface area (Å²) >= 11 is 5.56. The monoisotopic (exact) mass is 346 g/mol. The molecule has 3 heteroatoms. The van der Waals surface area contributed by atoms with E-state index in [2.05, 4.69) is 66.9 Å². The summed E-state index contributed by atoms with van der Waals surface area (Å²) in [6.07, 6.45) is 0. The Morgan fingerprint density at radius 2 is 1.48 bits per heavy atom. The summed E-state index contributed by atoms with van der Waals surface area (Å²) < 4.78 is 0. The van der Waals surface area contributed by atoms with E-state index >= 15 is 0 Å². The normalized spacial score (nSPS) is 11.6. The molecule has 25 heavy (non-hydrogen) atoms. The van der Waals surface area contributed by atoms with Gasteiger partial charge in [-0.2, -0.15) is 0 Å². The van der Waals surface area contributed by atoms with Crippen molar-refractivity contribution >= 4 is 23.0 Å². The fraction of sp³-hybridized carbons (Fsp3) is 0.136. The van der Waals surface area contributed by atoms with Gasteiger partial charge < -0.3 is 10.6 Å². The van der Waals surface area contributed by atoms with E-state index in [9.17, 15) is 0 Å². The summed E-state index contributed by atoms with van der Waals surface area (Å²) in [6, 6.07) is 26.9. The van der Waals surface area contributed by atoms with Crippen LogP contribution in [0.5, 0.6) is 0 Å². The molecule has 126 valence electrons. The van der Waals surface area contributed by atoms with Crippen molar-refractivity contribution in [2.45, 2.75) is 19.9 Å². The van der Waals surface area contributed by atoms with Crippen molar-refractivity contribution < 1.29 is 0 Å². The summed E-state index contributed by atoms with van der Waals surface area (Å²) in [5, 5.41) is 7.35. The van der Waals surface area contributed by atoms with Crippen LogP contribution in [0.4, 0.5) is 5.69 Å². The van der Waals surface area contributed by atoms with Gasteiger partial charge in [0.05, 0.1) is 6.04 Å². The largest absolute Gasteiger partial charge is 0.352 e. The standard InChI is InChI=1S/C22H22N2S/c1-16-13-14-20(17(2)15-16)21(18-9-5-3-6-10-18)24-22(25)23-19-11-7-4-8-12-19/h3-15,21H,1-2H3,(H2,23,24,25)/t21-/m1/s1. The Labute approximate surface area is 154 Å². The van der Waals surface area contributed by atoms with Crippen molar-refractivity contribution in [2.75, 3.05) is 5.32 Å². The summed E-state index contributed by atoms with van der Waals surface area (Å²) in [5.41, 5.74) is 5.91. The number of para-hydroxylation sites is 1. The molecule has 0 spiro atoms. The van der Waals surface area contributed by atoms with Gasteiger partial charge in [-0.1, -0.05) is 72.3 Å². The van der Waals surface area contributed by atoms with E-state index in [1.165, 1.54) is 22.3 Å². The summed E-state index contributed by atoms with van der Waals surface area (Å²) in [5.74, 6) is 0. The van der Waals surface area contributed by atoms with Gasteiger partial charge in [0.2, 0.25) is 0 Å². The van der Waals surface area contributed by atoms with Crippen LogP contribution in [-0.4, -0.2) is 5.11 Å². The molecule has 0 amide bonds. The number of hydrogen-bond donors (Lipinski definition) is 2. The van der Waals surface area contributed by atoms with Crippen molar-refractivity contribution in [3.05, 3.63) is 101 Å². The van der Waals surface area contributed by atoms with E-state index in [1.54, 1.807) is 0 Å². The van der Waals surface area contributed by atoms with E-state index < -0.39 is 0 Å². The second-order valence-electron chi connectivity index (χ2n) is 6.17. The Bertz CT molecular complexity index is 844. The van der Waals surface area contributed by atoms with Crippen molar-refractivity contribution in [2.24, 2.45) is 0 Å². The molecule has 0 fully saturated rings. The molecule has 0 aromatic heterocycles. The zero-order valence-corrected chi connectivity index (χ0v) is 15.3. The predicted molar refractivity (Wildman–Crippen MR) is 110 cm³/mol. The molecule has 0 bridgehead atoms. The lowest BCUT2D eigenvalue weighted by atomic mass is 9.94. The van der Waals surface area contributed by atoms with Gasteiger partial charge in [0, 0.05) is 5.69 Å². The number of rotatable bonds is 4. The van der Waals surface area contributed by atoms with Crippen molar-refractivity contribution in [3.8, 4) is 0 Å². The maximum absolute atomic E-state index is 5.56. The Morgan fingerprint density at radius 3 is 2.12 bits per heavy atom. The quantitative estimate of drug-likeness (QED) is 0.620. The van der Waals surface area contributed by atoms with E-state index in [0.717, 1.165) is 5.69 Å². The van der Waals surface area contributed by atoms with Gasteiger partial charge in [-0.25, -0.2) is 0 Å². The van der Waals surface area contributed by atoms with Crippen molar-refractivity contribution in [3.63, 3.8) is 0 Å². The number of aryl methyl sites for hydroxylation is 2. The lowest BCUT2D eigenvalue weighted by molar-refractivity contribution is 0.762. The fourth-order valence-corrected chi connectivity index (χ4v) is 3.19. The number of hydrogen-bond acceptors (Lipinski definition) is 1. The van der Waals surface area contributed by atoms with Crippen LogP contribution in [0, 0.1) is 13.8 Å². The van der Waals surface area contributed by atoms with Crippen molar-refractivity contribution in [1.82, 2.24) is 5.32 Å². The average molecular weight is 346 g/mol. The zero-order chi connectivity index (χ0) is 17.6. The molecule has 0 heterocycles. The summed E-state index contributed by atoms with van der Waals surface area (Å²) in [6.45, 7) is 4.26. The molecule has 3 aromatic rings. The average Bonchev–Trinajstić information content (AvgIpc) is 2.62. The lowest BCUT2D eigenvalue weighted by Crippen LogP contribution is -2.33. The molecule has 2 nitrogen and oxygen atoms in total. The van der Waals surface area contributed by atoms with Crippen LogP contribution in [0.15, 0.2) is 78.9 Å². The zero-order valence-electron chi connectivity index (χ0n) is 14.5. The number of anilines is 1. The SMILES string of the molecule is Cc1ccc([C@H](NC(=S)Nc2ccccc2)c2ccccc2)c(C)c1. The molecule has 2 N–H and O–H groups in total. The summed E-state index contributed by atoms with van der Waals surface area (Å²) in [4.78, 5) is 0. The van der Waals surface area contributed by atoms with Gasteiger partial charge in [-0.15, -0.1) is 0 Å². The van der Waals surface area contributed by atoms with Crippen molar-refractivity contribution in [1.29, 1.82) is 0 Å². The first-order chi connectivity index (χ1) is 12.1. The van der Waals surface area contributed by atoms with Crippen LogP contribution in [-0.2, 0) is 0 Å². The highest BCUT2D eigenvalue weighted by atomic mass is 32.1. The fourth-order valence-electron chi connectivity index (χ4n) is 2.96. The lowest BCUT2D eigenvalue weighted by Gasteiger charge is -2.24. The first kappa shape index (κ1) is 17.2. The first-order valence-corrected chi connectivity index (χ1v) is 8.79. The molecule has 0 saturated carbocycles. The Morgan fingerprint density at radius 1 is 0.840 bits per heavy atom. The van der Waals surface area contributed by atoms with E-state index in [4.69, 9.17) is 12.2 Å². The van der Waals surface area contributed by atoms with Gasteiger partial charge >= 0.3 is 0 Å². The van der Waals surface area contributed by atoms with Gasteiger partial charge in [-0.05, 0) is 54.9 Å². The second-order valence-corrected chi connectivity index (χ2v) is 6.58. The van der Waals surface area contributed by atoms with Crippen LogP contribution in [0.25, 0.3) is 0 Å². The highest BCUT2D eigenvalue weighted by Gasteiger charge is 2.17. The molecule has 0 aliphatic carbocycles. The molecule has 1 atom stereocenters. The molecule has 0 saturated heterocycles. The van der Waals surface area contributed by atoms with E-state index in [0.29, 0.717) is 5.11 Å². The van der Waals surface area contributed by atoms with Gasteiger partial charge in [0.25, 0.3) is 0 Å². The number of thiocarbonyl (C=S) groups is 1. The Hall–Kier alpha value is -2.65. The molecule has 0 radical (unpaired) electrons. The minimum atomic E-state index is 0.00510. The smallest absolute Gasteiger partial charge is 0.171 e. The third kappa shape index (κ3) is 4.46. The Balaban J connectivity index is 1.88. The molecule has 0 unspecified atom stereocenters. The topological polar surface area (TPSA) is 24.1 Å². The second kappa shape index (κ2) is 7.95. The molecular weight excluding hydrogens is 324 g/mol. The highest BCUT2D eigenvalue weighted by molar-refractivity contribution is 7.80. The highest BCUT2D eigenvalue weighted by Crippen LogP contribution is 2.26.